The van der Waals surface area contributed by atoms with Crippen LogP contribution >= 0.6 is 0 Å². The van der Waals surface area contributed by atoms with Gasteiger partial charge in [0.2, 0.25) is 5.91 Å². The second-order valence-electron chi connectivity index (χ2n) is 5.54. The molecule has 0 spiro atoms. The average molecular weight is 316 g/mol. The third-order valence-electron chi connectivity index (χ3n) is 4.11. The van der Waals surface area contributed by atoms with Crippen LogP contribution in [0.1, 0.15) is 5.82 Å². The third-order valence-corrected chi connectivity index (χ3v) is 4.11. The maximum Gasteiger partial charge on any atom is 0.291 e. The zero-order valence-corrected chi connectivity index (χ0v) is 12.7. The van der Waals surface area contributed by atoms with Crippen molar-refractivity contribution < 1.29 is 13.9 Å². The second-order valence-corrected chi connectivity index (χ2v) is 5.54. The molecule has 3 aromatic rings. The molecule has 1 fully saturated rings. The number of ether oxygens (including phenoxy) is 1. The summed E-state index contributed by atoms with van der Waals surface area (Å²) in [6.45, 7) is 3.89. The maximum atomic E-state index is 12.6. The Morgan fingerprint density at radius 3 is 2.87 bits per heavy atom. The van der Waals surface area contributed by atoms with Crippen molar-refractivity contribution >= 4 is 22.5 Å². The molecule has 0 radical (unpaired) electrons. The summed E-state index contributed by atoms with van der Waals surface area (Å²) < 4.78 is 13.5. The fraction of sp³-hybridized carbons (Fsp3) is 0.400. The van der Waals surface area contributed by atoms with E-state index in [0.717, 1.165) is 5.52 Å². The number of carbonyl (C=O) groups excluding carboxylic acids is 1. The topological polar surface area (TPSA) is 82.0 Å². The Balaban J connectivity index is 1.74. The summed E-state index contributed by atoms with van der Waals surface area (Å²) in [5.74, 6) is 0.507. The molecule has 8 heteroatoms. The van der Waals surface area contributed by atoms with Gasteiger partial charge in [-0.2, -0.15) is 5.10 Å². The summed E-state index contributed by atoms with van der Waals surface area (Å²) in [5, 5.41) is 4.28. The fourth-order valence-corrected chi connectivity index (χ4v) is 2.98. The molecule has 0 N–H and O–H groups in total. The molecule has 3 aromatic heterocycles. The number of carbonyl (C=O) groups is 1. The van der Waals surface area contributed by atoms with E-state index in [0.29, 0.717) is 43.2 Å². The van der Waals surface area contributed by atoms with Crippen molar-refractivity contribution in [2.45, 2.75) is 13.5 Å². The predicted molar refractivity (Wildman–Crippen MR) is 81.4 cm³/mol. The SMILES string of the molecule is Cc1nn(CC(=O)N2CCOCC2)c(=O)c2cc3occc3n12. The summed E-state index contributed by atoms with van der Waals surface area (Å²) in [6.07, 6.45) is 1.57. The van der Waals surface area contributed by atoms with Gasteiger partial charge in [0.15, 0.2) is 5.58 Å². The van der Waals surface area contributed by atoms with Crippen LogP contribution < -0.4 is 5.56 Å². The lowest BCUT2D eigenvalue weighted by Gasteiger charge is -2.26. The molecule has 0 saturated carbocycles. The van der Waals surface area contributed by atoms with E-state index < -0.39 is 0 Å². The van der Waals surface area contributed by atoms with E-state index in [9.17, 15) is 9.59 Å². The highest BCUT2D eigenvalue weighted by molar-refractivity contribution is 5.82. The van der Waals surface area contributed by atoms with Gasteiger partial charge in [0.1, 0.15) is 17.9 Å². The number of aromatic nitrogens is 3. The third kappa shape index (κ3) is 2.22. The van der Waals surface area contributed by atoms with Crippen molar-refractivity contribution in [3.8, 4) is 0 Å². The Bertz CT molecular complexity index is 946. The summed E-state index contributed by atoms with van der Waals surface area (Å²) in [4.78, 5) is 26.6. The normalized spacial score (nSPS) is 15.6. The standard InChI is InChI=1S/C15H16N4O4/c1-10-16-18(9-14(20)17-3-6-22-7-4-17)15(21)12-8-13-11(19(10)12)2-5-23-13/h2,5,8H,3-4,6-7,9H2,1H3. The molecule has 120 valence electrons. The van der Waals surface area contributed by atoms with Crippen LogP contribution in [0.4, 0.5) is 0 Å². The highest BCUT2D eigenvalue weighted by atomic mass is 16.5. The van der Waals surface area contributed by atoms with Gasteiger partial charge in [0.05, 0.1) is 25.0 Å². The van der Waals surface area contributed by atoms with E-state index in [4.69, 9.17) is 9.15 Å². The number of amides is 1. The van der Waals surface area contributed by atoms with Crippen LogP contribution in [0, 0.1) is 6.92 Å². The van der Waals surface area contributed by atoms with Gasteiger partial charge in [-0.25, -0.2) is 4.68 Å². The molecule has 0 bridgehead atoms. The van der Waals surface area contributed by atoms with Crippen molar-refractivity contribution in [2.24, 2.45) is 0 Å². The smallest absolute Gasteiger partial charge is 0.291 e. The van der Waals surface area contributed by atoms with Crippen molar-refractivity contribution in [3.05, 3.63) is 34.6 Å². The van der Waals surface area contributed by atoms with Crippen LogP contribution in [-0.2, 0) is 16.1 Å². The van der Waals surface area contributed by atoms with Gasteiger partial charge in [-0.05, 0) is 6.92 Å². The van der Waals surface area contributed by atoms with Crippen molar-refractivity contribution in [1.82, 2.24) is 19.1 Å². The number of hydrogen-bond donors (Lipinski definition) is 0. The van der Waals surface area contributed by atoms with Gasteiger partial charge in [-0.3, -0.25) is 14.0 Å². The molecule has 8 nitrogen and oxygen atoms in total. The van der Waals surface area contributed by atoms with E-state index in [1.165, 1.54) is 4.68 Å². The van der Waals surface area contributed by atoms with E-state index in [1.54, 1.807) is 34.6 Å². The maximum absolute atomic E-state index is 12.6. The quantitative estimate of drug-likeness (QED) is 0.684. The van der Waals surface area contributed by atoms with Crippen molar-refractivity contribution in [3.63, 3.8) is 0 Å². The van der Waals surface area contributed by atoms with Gasteiger partial charge >= 0.3 is 0 Å². The molecule has 23 heavy (non-hydrogen) atoms. The highest BCUT2D eigenvalue weighted by Crippen LogP contribution is 2.19. The van der Waals surface area contributed by atoms with Gasteiger partial charge < -0.3 is 14.1 Å². The molecular formula is C15H16N4O4. The fourth-order valence-electron chi connectivity index (χ4n) is 2.98. The summed E-state index contributed by atoms with van der Waals surface area (Å²) >= 11 is 0. The molecule has 1 saturated heterocycles. The first-order valence-electron chi connectivity index (χ1n) is 7.47. The molecule has 0 atom stereocenters. The van der Waals surface area contributed by atoms with Gasteiger partial charge in [0, 0.05) is 25.2 Å². The number of furan rings is 1. The lowest BCUT2D eigenvalue weighted by molar-refractivity contribution is -0.136. The summed E-state index contributed by atoms with van der Waals surface area (Å²) in [5.41, 5.74) is 1.59. The Hall–Kier alpha value is -2.61. The van der Waals surface area contributed by atoms with E-state index in [1.807, 2.05) is 0 Å². The van der Waals surface area contributed by atoms with Crippen LogP contribution in [0.3, 0.4) is 0 Å². The molecule has 0 aromatic carbocycles. The molecule has 0 aliphatic carbocycles. The lowest BCUT2D eigenvalue weighted by Crippen LogP contribution is -2.44. The molecular weight excluding hydrogens is 300 g/mol. The van der Waals surface area contributed by atoms with Crippen LogP contribution in [0.5, 0.6) is 0 Å². The lowest BCUT2D eigenvalue weighted by atomic mass is 10.4. The Morgan fingerprint density at radius 2 is 2.09 bits per heavy atom. The highest BCUT2D eigenvalue weighted by Gasteiger charge is 2.20. The predicted octanol–water partition coefficient (Wildman–Crippen LogP) is 0.409. The van der Waals surface area contributed by atoms with Gasteiger partial charge in [0.25, 0.3) is 5.56 Å². The number of nitrogens with zero attached hydrogens (tertiary/aromatic N) is 4. The van der Waals surface area contributed by atoms with Crippen molar-refractivity contribution in [1.29, 1.82) is 0 Å². The Labute approximate surface area is 130 Å². The summed E-state index contributed by atoms with van der Waals surface area (Å²) in [6, 6.07) is 3.47. The molecule has 1 aliphatic rings. The number of fused-ring (bicyclic) bond motifs is 3. The van der Waals surface area contributed by atoms with E-state index in [2.05, 4.69) is 5.10 Å². The summed E-state index contributed by atoms with van der Waals surface area (Å²) in [7, 11) is 0. The first-order chi connectivity index (χ1) is 11.1. The van der Waals surface area contributed by atoms with E-state index in [-0.39, 0.29) is 18.0 Å². The van der Waals surface area contributed by atoms with Crippen LogP contribution in [0.25, 0.3) is 16.6 Å². The Kier molecular flexibility index (Phi) is 3.19. The first-order valence-corrected chi connectivity index (χ1v) is 7.47. The molecule has 4 heterocycles. The zero-order chi connectivity index (χ0) is 16.0. The monoisotopic (exact) mass is 316 g/mol. The zero-order valence-electron chi connectivity index (χ0n) is 12.7. The van der Waals surface area contributed by atoms with Crippen LogP contribution in [-0.4, -0.2) is 51.3 Å². The van der Waals surface area contributed by atoms with E-state index >= 15 is 0 Å². The molecule has 4 rings (SSSR count). The van der Waals surface area contributed by atoms with Gasteiger partial charge in [-0.15, -0.1) is 0 Å². The number of morpholine rings is 1. The minimum atomic E-state index is -0.302. The van der Waals surface area contributed by atoms with Crippen LogP contribution in [0.2, 0.25) is 0 Å². The molecule has 1 aliphatic heterocycles. The number of aryl methyl sites for hydroxylation is 1. The van der Waals surface area contributed by atoms with Gasteiger partial charge in [-0.1, -0.05) is 0 Å². The molecule has 1 amide bonds. The minimum absolute atomic E-state index is 0.0667. The largest absolute Gasteiger partial charge is 0.463 e. The number of rotatable bonds is 2. The average Bonchev–Trinajstić information content (AvgIpc) is 3.14. The first kappa shape index (κ1) is 14.0. The van der Waals surface area contributed by atoms with Crippen molar-refractivity contribution in [2.75, 3.05) is 26.3 Å². The van der Waals surface area contributed by atoms with Crippen LogP contribution in [0.15, 0.2) is 27.6 Å². The second kappa shape index (κ2) is 5.24. The number of hydrogen-bond acceptors (Lipinski definition) is 5. The minimum Gasteiger partial charge on any atom is -0.463 e. The Morgan fingerprint density at radius 1 is 1.30 bits per heavy atom. The molecule has 0 unspecified atom stereocenters.